The summed E-state index contributed by atoms with van der Waals surface area (Å²) in [7, 11) is 2.16. The Labute approximate surface area is 146 Å². The van der Waals surface area contributed by atoms with E-state index in [1.54, 1.807) is 0 Å². The smallest absolute Gasteiger partial charge is 0.224 e. The fourth-order valence-electron chi connectivity index (χ4n) is 3.93. The Kier molecular flexibility index (Phi) is 6.13. The molecule has 1 aromatic rings. The van der Waals surface area contributed by atoms with Crippen molar-refractivity contribution in [2.24, 2.45) is 5.92 Å². The van der Waals surface area contributed by atoms with Gasteiger partial charge in [-0.25, -0.2) is 0 Å². The standard InChI is InChI=1S/C20H31N3O/c1-22-13-15-23(16-14-22)19-10-6-5-9-18(19)21-20(24)12-11-17-7-3-2-4-8-17/h5-6,9-10,17H,2-4,7-8,11-16H2,1H3,(H,21,24). The summed E-state index contributed by atoms with van der Waals surface area (Å²) in [6.07, 6.45) is 8.39. The van der Waals surface area contributed by atoms with Gasteiger partial charge in [0.25, 0.3) is 0 Å². The van der Waals surface area contributed by atoms with Gasteiger partial charge in [-0.05, 0) is 31.5 Å². The van der Waals surface area contributed by atoms with E-state index in [4.69, 9.17) is 0 Å². The minimum atomic E-state index is 0.169. The lowest BCUT2D eigenvalue weighted by Crippen LogP contribution is -2.44. The Morgan fingerprint density at radius 1 is 1.08 bits per heavy atom. The molecule has 0 bridgehead atoms. The van der Waals surface area contributed by atoms with Gasteiger partial charge >= 0.3 is 0 Å². The molecule has 0 spiro atoms. The molecular weight excluding hydrogens is 298 g/mol. The van der Waals surface area contributed by atoms with Gasteiger partial charge in [-0.1, -0.05) is 44.2 Å². The minimum absolute atomic E-state index is 0.169. The largest absolute Gasteiger partial charge is 0.367 e. The summed E-state index contributed by atoms with van der Waals surface area (Å²) < 4.78 is 0. The number of anilines is 2. The van der Waals surface area contributed by atoms with Crippen molar-refractivity contribution in [2.45, 2.75) is 44.9 Å². The fourth-order valence-corrected chi connectivity index (χ4v) is 3.93. The van der Waals surface area contributed by atoms with Crippen LogP contribution in [0.5, 0.6) is 0 Å². The van der Waals surface area contributed by atoms with Crippen molar-refractivity contribution in [2.75, 3.05) is 43.4 Å². The average molecular weight is 329 g/mol. The van der Waals surface area contributed by atoms with Gasteiger partial charge < -0.3 is 15.1 Å². The summed E-state index contributed by atoms with van der Waals surface area (Å²) in [6, 6.07) is 8.23. The highest BCUT2D eigenvalue weighted by molar-refractivity contribution is 5.94. The van der Waals surface area contributed by atoms with Crippen LogP contribution in [0.2, 0.25) is 0 Å². The van der Waals surface area contributed by atoms with Crippen molar-refractivity contribution in [3.63, 3.8) is 0 Å². The third-order valence-corrected chi connectivity index (χ3v) is 5.53. The molecule has 0 atom stereocenters. The molecule has 24 heavy (non-hydrogen) atoms. The molecule has 0 unspecified atom stereocenters. The van der Waals surface area contributed by atoms with Gasteiger partial charge in [0, 0.05) is 32.6 Å². The molecular formula is C20H31N3O. The van der Waals surface area contributed by atoms with Crippen LogP contribution in [0.25, 0.3) is 0 Å². The predicted molar refractivity (Wildman–Crippen MR) is 101 cm³/mol. The molecule has 4 heteroatoms. The molecule has 1 heterocycles. The zero-order valence-corrected chi connectivity index (χ0v) is 15.0. The monoisotopic (exact) mass is 329 g/mol. The molecule has 1 saturated heterocycles. The molecule has 1 aliphatic carbocycles. The molecule has 0 aromatic heterocycles. The molecule has 1 saturated carbocycles. The topological polar surface area (TPSA) is 35.6 Å². The Morgan fingerprint density at radius 3 is 2.54 bits per heavy atom. The van der Waals surface area contributed by atoms with E-state index in [9.17, 15) is 4.79 Å². The van der Waals surface area contributed by atoms with Gasteiger partial charge in [0.05, 0.1) is 11.4 Å². The van der Waals surface area contributed by atoms with E-state index in [1.165, 1.54) is 32.1 Å². The van der Waals surface area contributed by atoms with E-state index in [-0.39, 0.29) is 5.91 Å². The van der Waals surface area contributed by atoms with Crippen molar-refractivity contribution >= 4 is 17.3 Å². The third-order valence-electron chi connectivity index (χ3n) is 5.53. The summed E-state index contributed by atoms with van der Waals surface area (Å²) in [6.45, 7) is 4.19. The highest BCUT2D eigenvalue weighted by Gasteiger charge is 2.18. The summed E-state index contributed by atoms with van der Waals surface area (Å²) in [4.78, 5) is 17.1. The van der Waals surface area contributed by atoms with E-state index < -0.39 is 0 Å². The molecule has 0 radical (unpaired) electrons. The predicted octanol–water partition coefficient (Wildman–Crippen LogP) is 3.74. The van der Waals surface area contributed by atoms with Crippen LogP contribution in [0.1, 0.15) is 44.9 Å². The maximum absolute atomic E-state index is 12.4. The van der Waals surface area contributed by atoms with Gasteiger partial charge in [0.15, 0.2) is 0 Å². The SMILES string of the molecule is CN1CCN(c2ccccc2NC(=O)CCC2CCCCC2)CC1. The summed E-state index contributed by atoms with van der Waals surface area (Å²) in [5.74, 6) is 0.930. The van der Waals surface area contributed by atoms with Crippen LogP contribution < -0.4 is 10.2 Å². The number of carbonyl (C=O) groups excluding carboxylic acids is 1. The summed E-state index contributed by atoms with van der Waals surface area (Å²) >= 11 is 0. The fraction of sp³-hybridized carbons (Fsp3) is 0.650. The van der Waals surface area contributed by atoms with Gasteiger partial charge in [-0.2, -0.15) is 0 Å². The van der Waals surface area contributed by atoms with Crippen LogP contribution in [-0.2, 0) is 4.79 Å². The van der Waals surface area contributed by atoms with Crippen molar-refractivity contribution in [1.29, 1.82) is 0 Å². The number of benzene rings is 1. The first kappa shape index (κ1) is 17.3. The molecule has 132 valence electrons. The number of rotatable bonds is 5. The zero-order chi connectivity index (χ0) is 16.8. The average Bonchev–Trinajstić information content (AvgIpc) is 2.62. The van der Waals surface area contributed by atoms with Crippen molar-refractivity contribution < 1.29 is 4.79 Å². The summed E-state index contributed by atoms with van der Waals surface area (Å²) in [5.41, 5.74) is 2.13. The molecule has 3 rings (SSSR count). The number of carbonyl (C=O) groups is 1. The van der Waals surface area contributed by atoms with E-state index >= 15 is 0 Å². The van der Waals surface area contributed by atoms with E-state index in [0.29, 0.717) is 6.42 Å². The molecule has 1 N–H and O–H groups in total. The number of nitrogens with zero attached hydrogens (tertiary/aromatic N) is 2. The van der Waals surface area contributed by atoms with Gasteiger partial charge in [-0.15, -0.1) is 0 Å². The van der Waals surface area contributed by atoms with Crippen molar-refractivity contribution in [3.05, 3.63) is 24.3 Å². The highest BCUT2D eigenvalue weighted by atomic mass is 16.1. The number of nitrogens with one attached hydrogen (secondary N) is 1. The van der Waals surface area contributed by atoms with Crippen LogP contribution >= 0.6 is 0 Å². The molecule has 1 aromatic carbocycles. The Hall–Kier alpha value is -1.55. The lowest BCUT2D eigenvalue weighted by Gasteiger charge is -2.35. The van der Waals surface area contributed by atoms with Gasteiger partial charge in [0.1, 0.15) is 0 Å². The number of piperazine rings is 1. The molecule has 2 aliphatic rings. The first-order valence-corrected chi connectivity index (χ1v) is 9.55. The number of hydrogen-bond acceptors (Lipinski definition) is 3. The highest BCUT2D eigenvalue weighted by Crippen LogP contribution is 2.29. The lowest BCUT2D eigenvalue weighted by molar-refractivity contribution is -0.116. The second-order valence-electron chi connectivity index (χ2n) is 7.40. The second kappa shape index (κ2) is 8.52. The maximum Gasteiger partial charge on any atom is 0.224 e. The first-order chi connectivity index (χ1) is 11.7. The van der Waals surface area contributed by atoms with Crippen LogP contribution in [0, 0.1) is 5.92 Å². The lowest BCUT2D eigenvalue weighted by atomic mass is 9.86. The Balaban J connectivity index is 1.55. The first-order valence-electron chi connectivity index (χ1n) is 9.55. The van der Waals surface area contributed by atoms with E-state index in [2.05, 4.69) is 34.3 Å². The van der Waals surface area contributed by atoms with Crippen LogP contribution in [0.4, 0.5) is 11.4 Å². The Morgan fingerprint density at radius 2 is 1.79 bits per heavy atom. The molecule has 1 amide bonds. The maximum atomic E-state index is 12.4. The van der Waals surface area contributed by atoms with Crippen LogP contribution in [0.3, 0.4) is 0 Å². The summed E-state index contributed by atoms with van der Waals surface area (Å²) in [5, 5.41) is 3.16. The van der Waals surface area contributed by atoms with Gasteiger partial charge in [-0.3, -0.25) is 4.79 Å². The molecule has 4 nitrogen and oxygen atoms in total. The quantitative estimate of drug-likeness (QED) is 0.894. The second-order valence-corrected chi connectivity index (χ2v) is 7.40. The normalized spacial score (nSPS) is 20.1. The van der Waals surface area contributed by atoms with E-state index in [1.807, 2.05) is 12.1 Å². The van der Waals surface area contributed by atoms with Crippen molar-refractivity contribution in [3.8, 4) is 0 Å². The Bertz CT molecular complexity index is 531. The molecule has 1 aliphatic heterocycles. The number of likely N-dealkylation sites (N-methyl/N-ethyl adjacent to an activating group) is 1. The molecule has 2 fully saturated rings. The van der Waals surface area contributed by atoms with Gasteiger partial charge in [0.2, 0.25) is 5.91 Å². The number of amides is 1. The number of para-hydroxylation sites is 2. The van der Waals surface area contributed by atoms with Crippen molar-refractivity contribution in [1.82, 2.24) is 4.90 Å². The third kappa shape index (κ3) is 4.73. The van der Waals surface area contributed by atoms with Crippen LogP contribution in [-0.4, -0.2) is 44.0 Å². The number of hydrogen-bond donors (Lipinski definition) is 1. The minimum Gasteiger partial charge on any atom is -0.367 e. The van der Waals surface area contributed by atoms with E-state index in [0.717, 1.165) is 49.9 Å². The zero-order valence-electron chi connectivity index (χ0n) is 15.0. The van der Waals surface area contributed by atoms with Crippen LogP contribution in [0.15, 0.2) is 24.3 Å².